The first-order valence-electron chi connectivity index (χ1n) is 7.96. The lowest BCUT2D eigenvalue weighted by atomic mass is 10.2. The Bertz CT molecular complexity index is 1000. The molecule has 1 aromatic carbocycles. The Labute approximate surface area is 164 Å². The Morgan fingerprint density at radius 2 is 2.19 bits per heavy atom. The highest BCUT2D eigenvalue weighted by molar-refractivity contribution is 7.09. The van der Waals surface area contributed by atoms with E-state index in [9.17, 15) is 4.79 Å². The van der Waals surface area contributed by atoms with E-state index in [1.54, 1.807) is 29.5 Å². The molecule has 0 atom stereocenters. The molecule has 1 amide bonds. The molecule has 2 aromatic heterocycles. The van der Waals surface area contributed by atoms with Crippen molar-refractivity contribution in [3.05, 3.63) is 60.7 Å². The molecule has 0 saturated heterocycles. The number of methoxy groups -OCH3 is 1. The number of carbonyl (C=O) groups is 1. The molecule has 0 aliphatic heterocycles. The third-order valence-corrected chi connectivity index (χ3v) is 6.02. The van der Waals surface area contributed by atoms with Crippen LogP contribution in [0.4, 0.5) is 0 Å². The van der Waals surface area contributed by atoms with Crippen molar-refractivity contribution in [2.75, 3.05) is 7.11 Å². The molecule has 8 heteroatoms. The molecule has 0 unspecified atom stereocenters. The number of rotatable bonds is 5. The lowest BCUT2D eigenvalue weighted by molar-refractivity contribution is 0.0995. The molecule has 0 aliphatic rings. The molecular weight excluding hydrogens is 390 g/mol. The van der Waals surface area contributed by atoms with Crippen LogP contribution in [0.15, 0.2) is 34.9 Å². The Kier molecular flexibility index (Phi) is 5.90. The second-order valence-electron chi connectivity index (χ2n) is 5.69. The van der Waals surface area contributed by atoms with Crippen molar-refractivity contribution in [1.29, 1.82) is 0 Å². The van der Waals surface area contributed by atoms with Gasteiger partial charge in [0.2, 0.25) is 0 Å². The van der Waals surface area contributed by atoms with Crippen LogP contribution in [0.2, 0.25) is 5.02 Å². The average Bonchev–Trinajstić information content (AvgIpc) is 3.18. The van der Waals surface area contributed by atoms with Crippen molar-refractivity contribution < 1.29 is 9.53 Å². The molecule has 0 N–H and O–H groups in total. The summed E-state index contributed by atoms with van der Waals surface area (Å²) in [5.74, 6) is 0.0946. The number of hydrogen-bond donors (Lipinski definition) is 0. The molecule has 136 valence electrons. The number of ether oxygens (including phenoxy) is 1. The van der Waals surface area contributed by atoms with Crippen molar-refractivity contribution in [3.8, 4) is 5.75 Å². The largest absolute Gasteiger partial charge is 0.496 e. The van der Waals surface area contributed by atoms with Crippen LogP contribution in [0, 0.1) is 13.8 Å². The molecular formula is C18H18ClN3O2S2. The molecule has 0 aliphatic carbocycles. The van der Waals surface area contributed by atoms with Crippen LogP contribution in [0.3, 0.4) is 0 Å². The van der Waals surface area contributed by atoms with Gasteiger partial charge in [0, 0.05) is 33.9 Å². The van der Waals surface area contributed by atoms with Gasteiger partial charge in [0.1, 0.15) is 5.75 Å². The monoisotopic (exact) mass is 407 g/mol. The Balaban J connectivity index is 1.90. The van der Waals surface area contributed by atoms with Crippen LogP contribution in [-0.2, 0) is 13.0 Å². The predicted molar refractivity (Wildman–Crippen MR) is 105 cm³/mol. The van der Waals surface area contributed by atoms with E-state index in [-0.39, 0.29) is 5.91 Å². The van der Waals surface area contributed by atoms with Gasteiger partial charge in [-0.15, -0.1) is 22.7 Å². The van der Waals surface area contributed by atoms with Crippen LogP contribution in [0.25, 0.3) is 0 Å². The number of halogens is 1. The minimum absolute atomic E-state index is 0.357. The summed E-state index contributed by atoms with van der Waals surface area (Å²) in [6.45, 7) is 4.75. The van der Waals surface area contributed by atoms with Gasteiger partial charge in [-0.2, -0.15) is 4.99 Å². The Morgan fingerprint density at radius 1 is 1.38 bits per heavy atom. The van der Waals surface area contributed by atoms with E-state index in [0.717, 1.165) is 23.5 Å². The molecule has 0 saturated carbocycles. The lowest BCUT2D eigenvalue weighted by Gasteiger charge is -2.05. The van der Waals surface area contributed by atoms with Gasteiger partial charge in [-0.05, 0) is 32.0 Å². The maximum atomic E-state index is 12.7. The standard InChI is InChI=1S/C18H18ClN3O2S2/c1-11-9-22(7-6-16-12(2)20-10-25-16)18(26-11)21-17(23)14-8-13(19)4-5-15(14)24-3/h4-5,8-10H,6-7H2,1-3H3. The number of benzene rings is 1. The fourth-order valence-electron chi connectivity index (χ4n) is 2.53. The zero-order chi connectivity index (χ0) is 18.7. The van der Waals surface area contributed by atoms with E-state index in [4.69, 9.17) is 16.3 Å². The van der Waals surface area contributed by atoms with Crippen molar-refractivity contribution in [1.82, 2.24) is 9.55 Å². The van der Waals surface area contributed by atoms with Crippen LogP contribution >= 0.6 is 34.3 Å². The van der Waals surface area contributed by atoms with Crippen LogP contribution in [0.1, 0.15) is 25.8 Å². The van der Waals surface area contributed by atoms with Crippen LogP contribution in [-0.4, -0.2) is 22.6 Å². The third kappa shape index (κ3) is 4.23. The van der Waals surface area contributed by atoms with E-state index in [1.807, 2.05) is 30.1 Å². The van der Waals surface area contributed by atoms with E-state index >= 15 is 0 Å². The quantitative estimate of drug-likeness (QED) is 0.634. The third-order valence-electron chi connectivity index (χ3n) is 3.85. The van der Waals surface area contributed by atoms with Crippen LogP contribution in [0.5, 0.6) is 5.75 Å². The highest BCUT2D eigenvalue weighted by atomic mass is 35.5. The molecule has 2 heterocycles. The molecule has 0 bridgehead atoms. The second kappa shape index (κ2) is 8.16. The maximum Gasteiger partial charge on any atom is 0.283 e. The second-order valence-corrected chi connectivity index (χ2v) is 8.28. The topological polar surface area (TPSA) is 56.5 Å². The highest BCUT2D eigenvalue weighted by Gasteiger charge is 2.13. The van der Waals surface area contributed by atoms with Gasteiger partial charge in [-0.25, -0.2) is 4.98 Å². The number of nitrogens with zero attached hydrogens (tertiary/aromatic N) is 3. The highest BCUT2D eigenvalue weighted by Crippen LogP contribution is 2.23. The molecule has 0 spiro atoms. The van der Waals surface area contributed by atoms with Crippen molar-refractivity contribution in [2.24, 2.45) is 4.99 Å². The van der Waals surface area contributed by atoms with Gasteiger partial charge >= 0.3 is 0 Å². The molecule has 0 fully saturated rings. The van der Waals surface area contributed by atoms with E-state index in [2.05, 4.69) is 9.98 Å². The molecule has 26 heavy (non-hydrogen) atoms. The summed E-state index contributed by atoms with van der Waals surface area (Å²) >= 11 is 9.16. The zero-order valence-corrected chi connectivity index (χ0v) is 17.0. The zero-order valence-electron chi connectivity index (χ0n) is 14.7. The fourth-order valence-corrected chi connectivity index (χ4v) is 4.33. The lowest BCUT2D eigenvalue weighted by Crippen LogP contribution is -2.17. The maximum absolute atomic E-state index is 12.7. The Hall–Kier alpha value is -1.96. The number of carbonyl (C=O) groups excluding carboxylic acids is 1. The number of hydrogen-bond acceptors (Lipinski definition) is 5. The van der Waals surface area contributed by atoms with E-state index < -0.39 is 0 Å². The smallest absolute Gasteiger partial charge is 0.283 e. The number of aryl methyl sites for hydroxylation is 4. The summed E-state index contributed by atoms with van der Waals surface area (Å²) in [6, 6.07) is 4.94. The summed E-state index contributed by atoms with van der Waals surface area (Å²) in [7, 11) is 1.52. The van der Waals surface area contributed by atoms with Gasteiger partial charge in [-0.1, -0.05) is 11.6 Å². The number of amides is 1. The average molecular weight is 408 g/mol. The van der Waals surface area contributed by atoms with Gasteiger partial charge < -0.3 is 9.30 Å². The predicted octanol–water partition coefficient (Wildman–Crippen LogP) is 4.27. The summed E-state index contributed by atoms with van der Waals surface area (Å²) in [6.07, 6.45) is 2.87. The van der Waals surface area contributed by atoms with Gasteiger partial charge in [0.05, 0.1) is 23.9 Å². The SMILES string of the molecule is COc1ccc(Cl)cc1C(=O)N=c1sc(C)cn1CCc1scnc1C. The summed E-state index contributed by atoms with van der Waals surface area (Å²) in [4.78, 5) is 24.3. The van der Waals surface area contributed by atoms with Crippen molar-refractivity contribution in [2.45, 2.75) is 26.8 Å². The van der Waals surface area contributed by atoms with E-state index in [0.29, 0.717) is 21.1 Å². The summed E-state index contributed by atoms with van der Waals surface area (Å²) in [5, 5.41) is 0.472. The number of aromatic nitrogens is 2. The molecule has 5 nitrogen and oxygen atoms in total. The van der Waals surface area contributed by atoms with Gasteiger partial charge in [0.25, 0.3) is 5.91 Å². The van der Waals surface area contributed by atoms with Gasteiger partial charge in [-0.3, -0.25) is 4.79 Å². The normalized spacial score (nSPS) is 11.8. The first kappa shape index (κ1) is 18.8. The van der Waals surface area contributed by atoms with E-state index in [1.165, 1.54) is 23.3 Å². The molecule has 0 radical (unpaired) electrons. The van der Waals surface area contributed by atoms with Crippen molar-refractivity contribution in [3.63, 3.8) is 0 Å². The van der Waals surface area contributed by atoms with Gasteiger partial charge in [0.15, 0.2) is 4.80 Å². The van der Waals surface area contributed by atoms with Crippen molar-refractivity contribution >= 4 is 40.2 Å². The first-order chi connectivity index (χ1) is 12.5. The van der Waals surface area contributed by atoms with Crippen LogP contribution < -0.4 is 9.54 Å². The summed E-state index contributed by atoms with van der Waals surface area (Å²) in [5.41, 5.74) is 3.27. The number of thiazole rings is 2. The fraction of sp³-hybridized carbons (Fsp3) is 0.278. The molecule has 3 aromatic rings. The Morgan fingerprint density at radius 3 is 2.88 bits per heavy atom. The molecule has 3 rings (SSSR count). The minimum atomic E-state index is -0.367. The minimum Gasteiger partial charge on any atom is -0.496 e. The summed E-state index contributed by atoms with van der Waals surface area (Å²) < 4.78 is 7.26. The first-order valence-corrected chi connectivity index (χ1v) is 10.0.